The molecule has 0 aliphatic carbocycles. The van der Waals surface area contributed by atoms with Gasteiger partial charge in [-0.1, -0.05) is 5.16 Å². The van der Waals surface area contributed by atoms with Gasteiger partial charge < -0.3 is 19.7 Å². The largest absolute Gasteiger partial charge is 0.496 e. The Morgan fingerprint density at radius 1 is 1.26 bits per heavy atom. The number of aromatic nitrogens is 1. The molecule has 0 unspecified atom stereocenters. The van der Waals surface area contributed by atoms with Crippen molar-refractivity contribution in [2.75, 3.05) is 20.8 Å². The standard InChI is InChI=1S/C14H18N2O3/c1-9-12(17-2)5-4-11(14(9)18-3)13-8-10(6-7-15)16-19-13/h4-5,8H,6-7,15H2,1-3H3. The molecule has 0 bridgehead atoms. The molecule has 0 spiro atoms. The molecule has 0 saturated carbocycles. The Kier molecular flexibility index (Phi) is 4.06. The Morgan fingerprint density at radius 2 is 2.05 bits per heavy atom. The van der Waals surface area contributed by atoms with Crippen LogP contribution in [0.5, 0.6) is 11.5 Å². The van der Waals surface area contributed by atoms with Gasteiger partial charge in [-0.3, -0.25) is 0 Å². The topological polar surface area (TPSA) is 70.5 Å². The number of ether oxygens (including phenoxy) is 2. The average molecular weight is 262 g/mol. The highest BCUT2D eigenvalue weighted by molar-refractivity contribution is 5.70. The predicted molar refractivity (Wildman–Crippen MR) is 72.5 cm³/mol. The highest BCUT2D eigenvalue weighted by atomic mass is 16.5. The fourth-order valence-electron chi connectivity index (χ4n) is 2.06. The predicted octanol–water partition coefficient (Wildman–Crippen LogP) is 2.17. The summed E-state index contributed by atoms with van der Waals surface area (Å²) >= 11 is 0. The molecule has 2 N–H and O–H groups in total. The van der Waals surface area contributed by atoms with Gasteiger partial charge in [-0.15, -0.1) is 0 Å². The molecule has 5 nitrogen and oxygen atoms in total. The van der Waals surface area contributed by atoms with Gasteiger partial charge in [-0.05, 0) is 25.6 Å². The van der Waals surface area contributed by atoms with Crippen LogP contribution >= 0.6 is 0 Å². The smallest absolute Gasteiger partial charge is 0.170 e. The van der Waals surface area contributed by atoms with Crippen LogP contribution < -0.4 is 15.2 Å². The van der Waals surface area contributed by atoms with Crippen LogP contribution in [-0.4, -0.2) is 25.9 Å². The van der Waals surface area contributed by atoms with Crippen LogP contribution in [0.15, 0.2) is 22.7 Å². The third-order valence-corrected chi connectivity index (χ3v) is 3.01. The summed E-state index contributed by atoms with van der Waals surface area (Å²) in [4.78, 5) is 0. The second-order valence-corrected chi connectivity index (χ2v) is 4.19. The summed E-state index contributed by atoms with van der Waals surface area (Å²) in [6.07, 6.45) is 0.695. The minimum absolute atomic E-state index is 0.546. The van der Waals surface area contributed by atoms with Gasteiger partial charge in [-0.25, -0.2) is 0 Å². The van der Waals surface area contributed by atoms with Gasteiger partial charge in [0.2, 0.25) is 0 Å². The number of hydrogen-bond acceptors (Lipinski definition) is 5. The first-order chi connectivity index (χ1) is 9.21. The molecule has 0 amide bonds. The van der Waals surface area contributed by atoms with Crippen molar-refractivity contribution in [1.82, 2.24) is 5.16 Å². The van der Waals surface area contributed by atoms with Crippen molar-refractivity contribution in [1.29, 1.82) is 0 Å². The van der Waals surface area contributed by atoms with Crippen LogP contribution in [0.1, 0.15) is 11.3 Å². The zero-order chi connectivity index (χ0) is 13.8. The Hall–Kier alpha value is -2.01. The zero-order valence-electron chi connectivity index (χ0n) is 11.4. The maximum Gasteiger partial charge on any atom is 0.170 e. The third kappa shape index (κ3) is 2.56. The molecule has 2 rings (SSSR count). The molecule has 1 heterocycles. The van der Waals surface area contributed by atoms with E-state index in [9.17, 15) is 0 Å². The number of rotatable bonds is 5. The number of methoxy groups -OCH3 is 2. The fraction of sp³-hybridized carbons (Fsp3) is 0.357. The molecule has 0 aliphatic heterocycles. The summed E-state index contributed by atoms with van der Waals surface area (Å²) in [7, 11) is 3.26. The first kappa shape index (κ1) is 13.4. The van der Waals surface area contributed by atoms with Gasteiger partial charge in [0.05, 0.1) is 25.5 Å². The average Bonchev–Trinajstić information content (AvgIpc) is 2.87. The molecule has 19 heavy (non-hydrogen) atoms. The van der Waals surface area contributed by atoms with Gasteiger partial charge in [0.1, 0.15) is 11.5 Å². The van der Waals surface area contributed by atoms with Gasteiger partial charge >= 0.3 is 0 Å². The molecule has 1 aromatic carbocycles. The molecule has 0 aliphatic rings. The summed E-state index contributed by atoms with van der Waals surface area (Å²) in [5.74, 6) is 2.18. The fourth-order valence-corrected chi connectivity index (χ4v) is 2.06. The molecule has 102 valence electrons. The summed E-state index contributed by atoms with van der Waals surface area (Å²) in [6.45, 7) is 2.49. The third-order valence-electron chi connectivity index (χ3n) is 3.01. The van der Waals surface area contributed by atoms with E-state index in [2.05, 4.69) is 5.16 Å². The lowest BCUT2D eigenvalue weighted by atomic mass is 10.1. The molecule has 0 saturated heterocycles. The van der Waals surface area contributed by atoms with Crippen LogP contribution in [-0.2, 0) is 6.42 Å². The molecule has 1 aromatic heterocycles. The number of nitrogens with zero attached hydrogens (tertiary/aromatic N) is 1. The van der Waals surface area contributed by atoms with Gasteiger partial charge in [-0.2, -0.15) is 0 Å². The summed E-state index contributed by atoms with van der Waals surface area (Å²) in [5.41, 5.74) is 8.13. The minimum Gasteiger partial charge on any atom is -0.496 e. The van der Waals surface area contributed by atoms with E-state index in [1.165, 1.54) is 0 Å². The molecular formula is C14H18N2O3. The number of nitrogens with two attached hydrogens (primary N) is 1. The van der Waals surface area contributed by atoms with Crippen LogP contribution in [0.4, 0.5) is 0 Å². The van der Waals surface area contributed by atoms with E-state index < -0.39 is 0 Å². The maximum absolute atomic E-state index is 5.50. The van der Waals surface area contributed by atoms with E-state index in [0.717, 1.165) is 28.3 Å². The maximum atomic E-state index is 5.50. The first-order valence-corrected chi connectivity index (χ1v) is 6.08. The van der Waals surface area contributed by atoms with Crippen molar-refractivity contribution in [3.05, 3.63) is 29.5 Å². The Labute approximate surface area is 112 Å². The van der Waals surface area contributed by atoms with Gasteiger partial charge in [0.15, 0.2) is 5.76 Å². The van der Waals surface area contributed by atoms with E-state index >= 15 is 0 Å². The highest BCUT2D eigenvalue weighted by Crippen LogP contribution is 2.37. The minimum atomic E-state index is 0.546. The van der Waals surface area contributed by atoms with E-state index in [-0.39, 0.29) is 0 Å². The SMILES string of the molecule is COc1ccc(-c2cc(CCN)no2)c(OC)c1C. The van der Waals surface area contributed by atoms with Crippen LogP contribution in [0.2, 0.25) is 0 Å². The van der Waals surface area contributed by atoms with E-state index in [1.54, 1.807) is 14.2 Å². The molecule has 0 radical (unpaired) electrons. The molecule has 0 fully saturated rings. The van der Waals surface area contributed by atoms with Crippen LogP contribution in [0.3, 0.4) is 0 Å². The summed E-state index contributed by atoms with van der Waals surface area (Å²) in [5, 5.41) is 3.99. The molecule has 2 aromatic rings. The number of benzene rings is 1. The first-order valence-electron chi connectivity index (χ1n) is 6.08. The van der Waals surface area contributed by atoms with E-state index in [4.69, 9.17) is 19.7 Å². The molecule has 0 atom stereocenters. The zero-order valence-corrected chi connectivity index (χ0v) is 11.4. The van der Waals surface area contributed by atoms with Gasteiger partial charge in [0.25, 0.3) is 0 Å². The van der Waals surface area contributed by atoms with Crippen molar-refractivity contribution >= 4 is 0 Å². The van der Waals surface area contributed by atoms with Crippen LogP contribution in [0.25, 0.3) is 11.3 Å². The lowest BCUT2D eigenvalue weighted by Gasteiger charge is -2.12. The second-order valence-electron chi connectivity index (χ2n) is 4.19. The lowest BCUT2D eigenvalue weighted by Crippen LogP contribution is -2.02. The van der Waals surface area contributed by atoms with E-state index in [0.29, 0.717) is 18.7 Å². The lowest BCUT2D eigenvalue weighted by molar-refractivity contribution is 0.385. The van der Waals surface area contributed by atoms with Crippen molar-refractivity contribution in [3.8, 4) is 22.8 Å². The van der Waals surface area contributed by atoms with Crippen molar-refractivity contribution in [2.24, 2.45) is 5.73 Å². The summed E-state index contributed by atoms with van der Waals surface area (Å²) < 4.78 is 16.1. The second kappa shape index (κ2) is 5.75. The Bertz CT molecular complexity index is 564. The molecule has 5 heteroatoms. The monoisotopic (exact) mass is 262 g/mol. The Morgan fingerprint density at radius 3 is 2.68 bits per heavy atom. The van der Waals surface area contributed by atoms with E-state index in [1.807, 2.05) is 25.1 Å². The van der Waals surface area contributed by atoms with Crippen molar-refractivity contribution in [2.45, 2.75) is 13.3 Å². The van der Waals surface area contributed by atoms with Crippen molar-refractivity contribution < 1.29 is 14.0 Å². The van der Waals surface area contributed by atoms with Gasteiger partial charge in [0, 0.05) is 18.1 Å². The van der Waals surface area contributed by atoms with Crippen molar-refractivity contribution in [3.63, 3.8) is 0 Å². The summed E-state index contributed by atoms with van der Waals surface area (Å²) in [6, 6.07) is 5.67. The highest BCUT2D eigenvalue weighted by Gasteiger charge is 2.16. The number of hydrogen-bond donors (Lipinski definition) is 1. The Balaban J connectivity index is 2.46. The van der Waals surface area contributed by atoms with Crippen LogP contribution in [0, 0.1) is 6.92 Å². The normalized spacial score (nSPS) is 10.5. The quantitative estimate of drug-likeness (QED) is 0.894. The molecular weight excluding hydrogens is 244 g/mol.